The summed E-state index contributed by atoms with van der Waals surface area (Å²) in [7, 11) is 1.84. The normalized spacial score (nSPS) is 25.6. The Morgan fingerprint density at radius 1 is 1.22 bits per heavy atom. The third kappa shape index (κ3) is 3.34. The van der Waals surface area contributed by atoms with Gasteiger partial charge in [0.25, 0.3) is 0 Å². The van der Waals surface area contributed by atoms with Crippen molar-refractivity contribution in [2.24, 2.45) is 11.8 Å². The maximum atomic E-state index is 5.82. The fourth-order valence-electron chi connectivity index (χ4n) is 3.62. The smallest absolute Gasteiger partial charge is 0.0803 e. The topological polar surface area (TPSA) is 47.3 Å². The van der Waals surface area contributed by atoms with E-state index in [9.17, 15) is 0 Å². The largest absolute Gasteiger partial charge is 0.379 e. The summed E-state index contributed by atoms with van der Waals surface area (Å²) in [6, 6.07) is 0.221. The van der Waals surface area contributed by atoms with Gasteiger partial charge in [-0.15, -0.1) is 0 Å². The Kier molecular flexibility index (Phi) is 5.67. The number of hydrogen-bond donors (Lipinski definition) is 2. The summed E-state index contributed by atoms with van der Waals surface area (Å²) in [4.78, 5) is 0. The third-order valence-electron chi connectivity index (χ3n) is 4.62. The molecule has 2 unspecified atom stereocenters. The van der Waals surface area contributed by atoms with E-state index in [4.69, 9.17) is 10.6 Å². The van der Waals surface area contributed by atoms with Crippen molar-refractivity contribution in [3.05, 3.63) is 11.6 Å². The van der Waals surface area contributed by atoms with Crippen molar-refractivity contribution in [3.8, 4) is 0 Å². The van der Waals surface area contributed by atoms with Crippen LogP contribution in [0.2, 0.25) is 0 Å². The molecule has 0 amide bonds. The predicted octanol–water partition coefficient (Wildman–Crippen LogP) is 2.91. The quantitative estimate of drug-likeness (QED) is 0.449. The molecule has 0 bridgehead atoms. The van der Waals surface area contributed by atoms with Crippen molar-refractivity contribution in [2.45, 2.75) is 69.9 Å². The highest BCUT2D eigenvalue weighted by Gasteiger charge is 2.32. The molecule has 0 aromatic heterocycles. The Balaban J connectivity index is 2.04. The van der Waals surface area contributed by atoms with Gasteiger partial charge in [0.1, 0.15) is 0 Å². The Hall–Kier alpha value is -0.380. The first-order valence-electron chi connectivity index (χ1n) is 7.54. The lowest BCUT2D eigenvalue weighted by atomic mass is 9.79. The van der Waals surface area contributed by atoms with Crippen molar-refractivity contribution < 1.29 is 4.74 Å². The van der Waals surface area contributed by atoms with E-state index in [-0.39, 0.29) is 12.1 Å². The van der Waals surface area contributed by atoms with E-state index in [1.165, 1.54) is 63.4 Å². The molecule has 18 heavy (non-hydrogen) atoms. The summed E-state index contributed by atoms with van der Waals surface area (Å²) < 4.78 is 5.81. The van der Waals surface area contributed by atoms with Crippen LogP contribution in [0.3, 0.4) is 0 Å². The minimum Gasteiger partial charge on any atom is -0.379 e. The zero-order valence-corrected chi connectivity index (χ0v) is 11.7. The minimum atomic E-state index is 0.221. The summed E-state index contributed by atoms with van der Waals surface area (Å²) >= 11 is 0. The molecule has 2 atom stereocenters. The molecule has 0 saturated heterocycles. The van der Waals surface area contributed by atoms with Crippen molar-refractivity contribution in [1.29, 1.82) is 0 Å². The summed E-state index contributed by atoms with van der Waals surface area (Å²) in [5, 5.41) is 0. The second kappa shape index (κ2) is 7.27. The molecule has 1 fully saturated rings. The molecule has 0 heterocycles. The molecule has 0 radical (unpaired) electrons. The number of hydrogen-bond acceptors (Lipinski definition) is 3. The predicted molar refractivity (Wildman–Crippen MR) is 75.0 cm³/mol. The van der Waals surface area contributed by atoms with Gasteiger partial charge in [0.2, 0.25) is 0 Å². The van der Waals surface area contributed by atoms with Crippen LogP contribution in [0.1, 0.15) is 57.8 Å². The monoisotopic (exact) mass is 252 g/mol. The lowest BCUT2D eigenvalue weighted by Crippen LogP contribution is -2.49. The van der Waals surface area contributed by atoms with E-state index in [1.807, 2.05) is 7.11 Å². The van der Waals surface area contributed by atoms with E-state index in [2.05, 4.69) is 11.5 Å². The third-order valence-corrected chi connectivity index (χ3v) is 4.62. The summed E-state index contributed by atoms with van der Waals surface area (Å²) in [5.74, 6) is 6.49. The average molecular weight is 252 g/mol. The first kappa shape index (κ1) is 14.0. The van der Waals surface area contributed by atoms with Gasteiger partial charge >= 0.3 is 0 Å². The Bertz CT molecular complexity index is 272. The minimum absolute atomic E-state index is 0.221. The van der Waals surface area contributed by atoms with E-state index in [1.54, 1.807) is 0 Å². The van der Waals surface area contributed by atoms with E-state index >= 15 is 0 Å². The van der Waals surface area contributed by atoms with Crippen LogP contribution in [0, 0.1) is 5.92 Å². The molecule has 0 aliphatic heterocycles. The average Bonchev–Trinajstić information content (AvgIpc) is 2.46. The van der Waals surface area contributed by atoms with Crippen LogP contribution in [-0.4, -0.2) is 19.3 Å². The van der Waals surface area contributed by atoms with Crippen molar-refractivity contribution in [3.63, 3.8) is 0 Å². The van der Waals surface area contributed by atoms with E-state index in [0.29, 0.717) is 5.92 Å². The van der Waals surface area contributed by atoms with Gasteiger partial charge in [0.15, 0.2) is 0 Å². The van der Waals surface area contributed by atoms with Gasteiger partial charge in [-0.05, 0) is 44.4 Å². The fraction of sp³-hybridized carbons (Fsp3) is 0.867. The molecule has 104 valence electrons. The van der Waals surface area contributed by atoms with Gasteiger partial charge in [0, 0.05) is 7.11 Å². The lowest BCUT2D eigenvalue weighted by Gasteiger charge is -2.36. The van der Waals surface area contributed by atoms with Crippen LogP contribution >= 0.6 is 0 Å². The molecule has 3 N–H and O–H groups in total. The Labute approximate surface area is 111 Å². The molecule has 3 heteroatoms. The summed E-state index contributed by atoms with van der Waals surface area (Å²) in [6.45, 7) is 0. The van der Waals surface area contributed by atoms with Gasteiger partial charge in [-0.3, -0.25) is 11.3 Å². The molecule has 3 nitrogen and oxygen atoms in total. The Morgan fingerprint density at radius 2 is 2.00 bits per heavy atom. The van der Waals surface area contributed by atoms with E-state index < -0.39 is 0 Å². The standard InChI is InChI=1S/C15H28N2O/c1-18-15(13-10-6-3-7-11-13)14(17-16)12-8-4-2-5-9-12/h8,13-15,17H,2-7,9-11,16H2,1H3. The molecule has 2 aliphatic rings. The molecule has 1 saturated carbocycles. The van der Waals surface area contributed by atoms with Crippen LogP contribution in [-0.2, 0) is 4.74 Å². The van der Waals surface area contributed by atoms with Gasteiger partial charge in [0.05, 0.1) is 12.1 Å². The van der Waals surface area contributed by atoms with Gasteiger partial charge < -0.3 is 4.74 Å². The molecular formula is C15H28N2O. The van der Waals surface area contributed by atoms with Crippen LogP contribution < -0.4 is 11.3 Å². The number of nitrogens with two attached hydrogens (primary N) is 1. The molecular weight excluding hydrogens is 224 g/mol. The van der Waals surface area contributed by atoms with E-state index in [0.717, 1.165) is 0 Å². The molecule has 0 aromatic carbocycles. The highest BCUT2D eigenvalue weighted by Crippen LogP contribution is 2.32. The van der Waals surface area contributed by atoms with Crippen molar-refractivity contribution in [2.75, 3.05) is 7.11 Å². The molecule has 2 aliphatic carbocycles. The zero-order chi connectivity index (χ0) is 12.8. The first-order valence-corrected chi connectivity index (χ1v) is 7.54. The maximum absolute atomic E-state index is 5.82. The lowest BCUT2D eigenvalue weighted by molar-refractivity contribution is 0.0160. The van der Waals surface area contributed by atoms with Crippen molar-refractivity contribution >= 4 is 0 Å². The second-order valence-corrected chi connectivity index (χ2v) is 5.77. The molecule has 2 rings (SSSR count). The number of ether oxygens (including phenoxy) is 1. The fourth-order valence-corrected chi connectivity index (χ4v) is 3.62. The highest BCUT2D eigenvalue weighted by atomic mass is 16.5. The van der Waals surface area contributed by atoms with Crippen LogP contribution in [0.5, 0.6) is 0 Å². The van der Waals surface area contributed by atoms with Gasteiger partial charge in [-0.2, -0.15) is 0 Å². The number of rotatable bonds is 5. The first-order chi connectivity index (χ1) is 8.86. The second-order valence-electron chi connectivity index (χ2n) is 5.77. The zero-order valence-electron chi connectivity index (χ0n) is 11.7. The number of hydrazine groups is 1. The SMILES string of the molecule is COC(C1CCCCC1)C(NN)C1=CCCCC1. The van der Waals surface area contributed by atoms with Gasteiger partial charge in [-0.1, -0.05) is 30.9 Å². The number of nitrogens with one attached hydrogen (secondary N) is 1. The summed E-state index contributed by atoms with van der Waals surface area (Å²) in [6.07, 6.45) is 14.3. The van der Waals surface area contributed by atoms with Crippen LogP contribution in [0.15, 0.2) is 11.6 Å². The van der Waals surface area contributed by atoms with Crippen LogP contribution in [0.25, 0.3) is 0 Å². The highest BCUT2D eigenvalue weighted by molar-refractivity contribution is 5.16. The van der Waals surface area contributed by atoms with Crippen LogP contribution in [0.4, 0.5) is 0 Å². The summed E-state index contributed by atoms with van der Waals surface area (Å²) in [5.41, 5.74) is 4.50. The number of allylic oxidation sites excluding steroid dienone is 1. The maximum Gasteiger partial charge on any atom is 0.0803 e. The number of methoxy groups -OCH3 is 1. The molecule has 0 spiro atoms. The van der Waals surface area contributed by atoms with Crippen molar-refractivity contribution in [1.82, 2.24) is 5.43 Å². The molecule has 0 aromatic rings. The Morgan fingerprint density at radius 3 is 2.56 bits per heavy atom. The van der Waals surface area contributed by atoms with Gasteiger partial charge in [-0.25, -0.2) is 0 Å².